The number of aromatic nitrogens is 1. The summed E-state index contributed by atoms with van der Waals surface area (Å²) in [4.78, 5) is 34.5. The Labute approximate surface area is 253 Å². The van der Waals surface area contributed by atoms with E-state index in [1.165, 1.54) is 5.56 Å². The molecule has 1 aromatic heterocycles. The number of nitrogens with zero attached hydrogens (tertiary/aromatic N) is 3. The maximum Gasteiger partial charge on any atom is 0.227 e. The van der Waals surface area contributed by atoms with Crippen molar-refractivity contribution in [3.63, 3.8) is 0 Å². The standard InChI is InChI=1S/C35H40N4O2S/c40-33(23-28-11-4-1-5-12-28)18-10-17-31(30-15-8-3-9-16-30)25-36-35-37-32(27-42-35)26-38-19-21-39(22-20-38)34(41)24-29-13-6-2-7-14-29/h1-9,11-16,27,31H,10,17-26H2,(H,36,37). The molecule has 0 spiro atoms. The predicted octanol–water partition coefficient (Wildman–Crippen LogP) is 6.21. The van der Waals surface area contributed by atoms with Crippen LogP contribution in [0.25, 0.3) is 0 Å². The maximum atomic E-state index is 12.7. The quantitative estimate of drug-likeness (QED) is 0.192. The van der Waals surface area contributed by atoms with Gasteiger partial charge in [0.25, 0.3) is 0 Å². The summed E-state index contributed by atoms with van der Waals surface area (Å²) in [5.41, 5.74) is 4.51. The highest BCUT2D eigenvalue weighted by molar-refractivity contribution is 7.13. The normalized spacial score (nSPS) is 14.4. The zero-order valence-corrected chi connectivity index (χ0v) is 25.0. The Morgan fingerprint density at radius 1 is 0.810 bits per heavy atom. The Balaban J connectivity index is 1.07. The number of hydrogen-bond acceptors (Lipinski definition) is 6. The van der Waals surface area contributed by atoms with Crippen LogP contribution in [-0.4, -0.2) is 59.2 Å². The molecule has 5 rings (SSSR count). The molecule has 7 heteroatoms. The molecule has 1 N–H and O–H groups in total. The van der Waals surface area contributed by atoms with Crippen molar-refractivity contribution >= 4 is 28.2 Å². The average Bonchev–Trinajstić information content (AvgIpc) is 3.47. The van der Waals surface area contributed by atoms with Crippen LogP contribution in [0, 0.1) is 0 Å². The van der Waals surface area contributed by atoms with Gasteiger partial charge in [-0.05, 0) is 29.5 Å². The van der Waals surface area contributed by atoms with Gasteiger partial charge in [-0.2, -0.15) is 0 Å². The molecule has 1 aliphatic heterocycles. The minimum atomic E-state index is 0.203. The average molecular weight is 581 g/mol. The highest BCUT2D eigenvalue weighted by Gasteiger charge is 2.22. The smallest absolute Gasteiger partial charge is 0.227 e. The first-order chi connectivity index (χ1) is 20.6. The van der Waals surface area contributed by atoms with Gasteiger partial charge in [-0.3, -0.25) is 14.5 Å². The lowest BCUT2D eigenvalue weighted by Gasteiger charge is -2.34. The molecule has 0 radical (unpaired) electrons. The van der Waals surface area contributed by atoms with Crippen molar-refractivity contribution in [2.24, 2.45) is 0 Å². The Hall–Kier alpha value is -3.81. The van der Waals surface area contributed by atoms with Gasteiger partial charge in [-0.15, -0.1) is 11.3 Å². The van der Waals surface area contributed by atoms with Crippen LogP contribution >= 0.6 is 11.3 Å². The van der Waals surface area contributed by atoms with Gasteiger partial charge in [-0.25, -0.2) is 4.98 Å². The van der Waals surface area contributed by atoms with Crippen molar-refractivity contribution in [1.82, 2.24) is 14.8 Å². The van der Waals surface area contributed by atoms with Crippen molar-refractivity contribution in [3.05, 3.63) is 119 Å². The van der Waals surface area contributed by atoms with Gasteiger partial charge in [-0.1, -0.05) is 91.0 Å². The molecule has 1 fully saturated rings. The third-order valence-electron chi connectivity index (χ3n) is 7.88. The predicted molar refractivity (Wildman–Crippen MR) is 171 cm³/mol. The summed E-state index contributed by atoms with van der Waals surface area (Å²) >= 11 is 1.64. The molecular weight excluding hydrogens is 540 g/mol. The van der Waals surface area contributed by atoms with Crippen LogP contribution in [-0.2, 0) is 29.0 Å². The molecule has 6 nitrogen and oxygen atoms in total. The van der Waals surface area contributed by atoms with E-state index in [0.29, 0.717) is 31.0 Å². The molecule has 218 valence electrons. The molecule has 0 aliphatic carbocycles. The Bertz CT molecular complexity index is 1390. The van der Waals surface area contributed by atoms with Crippen molar-refractivity contribution in [3.8, 4) is 0 Å². The van der Waals surface area contributed by atoms with E-state index in [1.807, 2.05) is 71.6 Å². The number of piperazine rings is 1. The van der Waals surface area contributed by atoms with Gasteiger partial charge in [0.1, 0.15) is 5.78 Å². The molecule has 1 aliphatic rings. The molecule has 1 atom stereocenters. The first-order valence-electron chi connectivity index (χ1n) is 15.0. The molecule has 3 aromatic carbocycles. The lowest BCUT2D eigenvalue weighted by atomic mass is 9.92. The van der Waals surface area contributed by atoms with E-state index in [-0.39, 0.29) is 5.91 Å². The molecule has 1 unspecified atom stereocenters. The van der Waals surface area contributed by atoms with Crippen LogP contribution in [0.2, 0.25) is 0 Å². The number of benzene rings is 3. The Morgan fingerprint density at radius 2 is 1.43 bits per heavy atom. The highest BCUT2D eigenvalue weighted by atomic mass is 32.1. The third kappa shape index (κ3) is 9.10. The lowest BCUT2D eigenvalue weighted by Crippen LogP contribution is -2.48. The van der Waals surface area contributed by atoms with Gasteiger partial charge in [0, 0.05) is 63.4 Å². The van der Waals surface area contributed by atoms with E-state index in [1.54, 1.807) is 11.3 Å². The zero-order valence-electron chi connectivity index (χ0n) is 24.2. The number of anilines is 1. The number of Topliss-reactive ketones (excluding diaryl/α,β-unsaturated/α-hetero) is 1. The summed E-state index contributed by atoms with van der Waals surface area (Å²) < 4.78 is 0. The van der Waals surface area contributed by atoms with Gasteiger partial charge in [0.05, 0.1) is 12.1 Å². The monoisotopic (exact) mass is 580 g/mol. The second-order valence-electron chi connectivity index (χ2n) is 11.0. The molecule has 1 saturated heterocycles. The van der Waals surface area contributed by atoms with Crippen molar-refractivity contribution in [1.29, 1.82) is 0 Å². The van der Waals surface area contributed by atoms with Crippen molar-refractivity contribution in [2.75, 3.05) is 38.0 Å². The highest BCUT2D eigenvalue weighted by Crippen LogP contribution is 2.25. The fraction of sp³-hybridized carbons (Fsp3) is 0.343. The number of amides is 1. The minimum absolute atomic E-state index is 0.203. The fourth-order valence-electron chi connectivity index (χ4n) is 5.51. The molecular formula is C35H40N4O2S. The molecule has 42 heavy (non-hydrogen) atoms. The zero-order chi connectivity index (χ0) is 29.0. The van der Waals surface area contributed by atoms with E-state index in [4.69, 9.17) is 4.98 Å². The number of rotatable bonds is 14. The number of hydrogen-bond donors (Lipinski definition) is 1. The summed E-state index contributed by atoms with van der Waals surface area (Å²) in [7, 11) is 0. The first kappa shape index (κ1) is 29.7. The van der Waals surface area contributed by atoms with Crippen molar-refractivity contribution < 1.29 is 9.59 Å². The summed E-state index contributed by atoms with van der Waals surface area (Å²) in [6, 6.07) is 30.5. The number of thiazole rings is 1. The Morgan fingerprint density at radius 3 is 2.10 bits per heavy atom. The van der Waals surface area contributed by atoms with Crippen LogP contribution in [0.4, 0.5) is 5.13 Å². The molecule has 4 aromatic rings. The SMILES string of the molecule is O=C(CCCC(CNc1nc(CN2CCN(C(=O)Cc3ccccc3)CC2)cs1)c1ccccc1)Cc1ccccc1. The number of ketones is 1. The van der Waals surface area contributed by atoms with Crippen LogP contribution in [0.3, 0.4) is 0 Å². The number of nitrogens with one attached hydrogen (secondary N) is 1. The van der Waals surface area contributed by atoms with Crippen LogP contribution < -0.4 is 5.32 Å². The largest absolute Gasteiger partial charge is 0.361 e. The maximum absolute atomic E-state index is 12.7. The fourth-order valence-corrected chi connectivity index (χ4v) is 6.22. The van der Waals surface area contributed by atoms with E-state index < -0.39 is 0 Å². The second-order valence-corrected chi connectivity index (χ2v) is 11.9. The van der Waals surface area contributed by atoms with E-state index in [0.717, 1.165) is 74.1 Å². The third-order valence-corrected chi connectivity index (χ3v) is 8.73. The van der Waals surface area contributed by atoms with Crippen molar-refractivity contribution in [2.45, 2.75) is 44.6 Å². The first-order valence-corrected chi connectivity index (χ1v) is 15.8. The molecule has 0 bridgehead atoms. The molecule has 0 saturated carbocycles. The van der Waals surface area contributed by atoms with Gasteiger partial charge >= 0.3 is 0 Å². The van der Waals surface area contributed by atoms with Gasteiger partial charge < -0.3 is 10.2 Å². The van der Waals surface area contributed by atoms with E-state index in [9.17, 15) is 9.59 Å². The van der Waals surface area contributed by atoms with Gasteiger partial charge in [0.15, 0.2) is 5.13 Å². The number of carbonyl (C=O) groups excluding carboxylic acids is 2. The minimum Gasteiger partial charge on any atom is -0.361 e. The summed E-state index contributed by atoms with van der Waals surface area (Å²) in [5, 5.41) is 6.64. The van der Waals surface area contributed by atoms with E-state index in [2.05, 4.69) is 39.9 Å². The Kier molecular flexibility index (Phi) is 10.9. The number of carbonyl (C=O) groups is 2. The van der Waals surface area contributed by atoms with E-state index >= 15 is 0 Å². The summed E-state index contributed by atoms with van der Waals surface area (Å²) in [6.45, 7) is 4.82. The summed E-state index contributed by atoms with van der Waals surface area (Å²) in [5.74, 6) is 0.811. The summed E-state index contributed by atoms with van der Waals surface area (Å²) in [6.07, 6.45) is 3.40. The lowest BCUT2D eigenvalue weighted by molar-refractivity contribution is -0.132. The van der Waals surface area contributed by atoms with Crippen LogP contribution in [0.5, 0.6) is 0 Å². The topological polar surface area (TPSA) is 65.5 Å². The van der Waals surface area contributed by atoms with Gasteiger partial charge in [0.2, 0.25) is 5.91 Å². The van der Waals surface area contributed by atoms with Crippen LogP contribution in [0.15, 0.2) is 96.4 Å². The van der Waals surface area contributed by atoms with Crippen LogP contribution in [0.1, 0.15) is 47.6 Å². The second kappa shape index (κ2) is 15.4. The molecule has 1 amide bonds. The molecule has 2 heterocycles.